The summed E-state index contributed by atoms with van der Waals surface area (Å²) < 4.78 is 26.5. The maximum Gasteiger partial charge on any atom is 0.330 e. The van der Waals surface area contributed by atoms with Crippen LogP contribution in [0.3, 0.4) is 0 Å². The Bertz CT molecular complexity index is 1230. The van der Waals surface area contributed by atoms with E-state index in [-0.39, 0.29) is 26.4 Å². The summed E-state index contributed by atoms with van der Waals surface area (Å²) in [5.74, 6) is -2.41. The van der Waals surface area contributed by atoms with Gasteiger partial charge in [0.25, 0.3) is 0 Å². The molecule has 0 bridgehead atoms. The number of carbonyl (C=O) groups is 4. The zero-order chi connectivity index (χ0) is 30.0. The van der Waals surface area contributed by atoms with E-state index in [1.807, 2.05) is 24.3 Å². The van der Waals surface area contributed by atoms with Gasteiger partial charge in [-0.15, -0.1) is 0 Å². The first kappa shape index (κ1) is 32.4. The van der Waals surface area contributed by atoms with Gasteiger partial charge in [0, 0.05) is 40.0 Å². The quantitative estimate of drug-likeness (QED) is 0.152. The Morgan fingerprint density at radius 3 is 1.68 bits per heavy atom. The Hall–Kier alpha value is -4.77. The van der Waals surface area contributed by atoms with Crippen LogP contribution < -0.4 is 9.47 Å². The molecule has 0 saturated carbocycles. The van der Waals surface area contributed by atoms with E-state index in [0.717, 1.165) is 34.1 Å². The summed E-state index contributed by atoms with van der Waals surface area (Å²) in [6.07, 6.45) is 4.60. The topological polar surface area (TPSA) is 135 Å². The van der Waals surface area contributed by atoms with Gasteiger partial charge in [-0.25, -0.2) is 19.2 Å². The minimum atomic E-state index is -1.12. The molecule has 0 aliphatic heterocycles. The molecule has 0 aliphatic carbocycles. The Kier molecular flexibility index (Phi) is 14.0. The highest BCUT2D eigenvalue weighted by atomic mass is 32.2. The predicted molar refractivity (Wildman–Crippen MR) is 151 cm³/mol. The summed E-state index contributed by atoms with van der Waals surface area (Å²) in [4.78, 5) is 46.9. The first-order valence-electron chi connectivity index (χ1n) is 12.2. The van der Waals surface area contributed by atoms with Gasteiger partial charge in [0.15, 0.2) is 6.10 Å². The number of carboxylic acids is 1. The Labute approximate surface area is 241 Å². The van der Waals surface area contributed by atoms with Crippen molar-refractivity contribution >= 4 is 35.6 Å². The molecular formula is C30H30O10S. The van der Waals surface area contributed by atoms with E-state index < -0.39 is 35.9 Å². The first-order valence-corrected chi connectivity index (χ1v) is 13.0. The van der Waals surface area contributed by atoms with E-state index in [4.69, 9.17) is 28.8 Å². The highest BCUT2D eigenvalue weighted by molar-refractivity contribution is 7.99. The van der Waals surface area contributed by atoms with Crippen LogP contribution in [-0.2, 0) is 33.4 Å². The second kappa shape index (κ2) is 17.7. The van der Waals surface area contributed by atoms with Crippen molar-refractivity contribution in [3.63, 3.8) is 0 Å². The van der Waals surface area contributed by atoms with Crippen LogP contribution in [0.4, 0.5) is 0 Å². The number of carbonyl (C=O) groups excluding carboxylic acids is 3. The van der Waals surface area contributed by atoms with Crippen molar-refractivity contribution in [1.82, 2.24) is 0 Å². The molecule has 11 heteroatoms. The molecule has 2 atom stereocenters. The highest BCUT2D eigenvalue weighted by Crippen LogP contribution is 2.30. The number of carboxylic acid groups (broad SMARTS) is 1. The van der Waals surface area contributed by atoms with Crippen LogP contribution in [0.2, 0.25) is 0 Å². The van der Waals surface area contributed by atoms with E-state index >= 15 is 0 Å². The number of hydrogen-bond acceptors (Lipinski definition) is 10. The normalized spacial score (nSPS) is 11.9. The molecule has 0 aliphatic rings. The second-order valence-corrected chi connectivity index (χ2v) is 9.20. The van der Waals surface area contributed by atoms with Crippen molar-refractivity contribution in [3.8, 4) is 11.5 Å². The Morgan fingerprint density at radius 2 is 1.20 bits per heavy atom. The molecule has 2 unspecified atom stereocenters. The van der Waals surface area contributed by atoms with Crippen molar-refractivity contribution in [2.75, 3.05) is 26.4 Å². The number of hydrogen-bond donors (Lipinski definition) is 1. The van der Waals surface area contributed by atoms with Crippen molar-refractivity contribution < 1.29 is 48.0 Å². The fourth-order valence-corrected chi connectivity index (χ4v) is 3.74. The molecule has 2 aromatic carbocycles. The van der Waals surface area contributed by atoms with Crippen molar-refractivity contribution in [2.45, 2.75) is 15.9 Å². The van der Waals surface area contributed by atoms with E-state index in [0.29, 0.717) is 11.5 Å². The molecule has 2 rings (SSSR count). The lowest BCUT2D eigenvalue weighted by Crippen LogP contribution is -2.30. The van der Waals surface area contributed by atoms with E-state index in [1.54, 1.807) is 24.3 Å². The molecule has 216 valence electrons. The molecule has 1 N–H and O–H groups in total. The van der Waals surface area contributed by atoms with E-state index in [9.17, 15) is 19.2 Å². The van der Waals surface area contributed by atoms with Crippen LogP contribution in [0.15, 0.2) is 108 Å². The molecule has 0 aromatic heterocycles. The maximum absolute atomic E-state index is 11.6. The third kappa shape index (κ3) is 13.2. The van der Waals surface area contributed by atoms with Gasteiger partial charge in [-0.2, -0.15) is 0 Å². The fourth-order valence-electron chi connectivity index (χ4n) is 2.92. The number of ether oxygens (including phenoxy) is 5. The lowest BCUT2D eigenvalue weighted by molar-refractivity contribution is -0.154. The molecule has 10 nitrogen and oxygen atoms in total. The lowest BCUT2D eigenvalue weighted by atomic mass is 10.1. The SMILES string of the molecule is C=CC(=O)OCC(C=CC(=O)O)COc1ccc(Sc2ccc(OCC(COC(=O)C=C)OC(=O)C=C)cc2)cc1. The lowest BCUT2D eigenvalue weighted by Gasteiger charge is -2.17. The molecular weight excluding hydrogens is 552 g/mol. The van der Waals surface area contributed by atoms with Crippen LogP contribution in [0.1, 0.15) is 0 Å². The summed E-state index contributed by atoms with van der Waals surface area (Å²) >= 11 is 1.50. The smallest absolute Gasteiger partial charge is 0.330 e. The van der Waals surface area contributed by atoms with Crippen LogP contribution in [-0.4, -0.2) is 61.5 Å². The first-order chi connectivity index (χ1) is 19.7. The fraction of sp³-hybridized carbons (Fsp3) is 0.200. The second-order valence-electron chi connectivity index (χ2n) is 8.06. The Balaban J connectivity index is 1.90. The molecule has 2 aromatic rings. The summed E-state index contributed by atoms with van der Waals surface area (Å²) in [7, 11) is 0. The monoisotopic (exact) mass is 582 g/mol. The molecule has 0 heterocycles. The summed E-state index contributed by atoms with van der Waals surface area (Å²) in [6.45, 7) is 9.81. The van der Waals surface area contributed by atoms with E-state index in [1.165, 1.54) is 17.8 Å². The van der Waals surface area contributed by atoms with Crippen molar-refractivity contribution in [2.24, 2.45) is 5.92 Å². The molecule has 41 heavy (non-hydrogen) atoms. The van der Waals surface area contributed by atoms with Gasteiger partial charge in [0.2, 0.25) is 0 Å². The van der Waals surface area contributed by atoms with Gasteiger partial charge in [-0.3, -0.25) is 0 Å². The maximum atomic E-state index is 11.6. The molecule has 0 amide bonds. The minimum absolute atomic E-state index is 0.0401. The Morgan fingerprint density at radius 1 is 0.707 bits per heavy atom. The zero-order valence-corrected chi connectivity index (χ0v) is 23.0. The predicted octanol–water partition coefficient (Wildman–Crippen LogP) is 4.41. The van der Waals surface area contributed by atoms with Gasteiger partial charge in [0.1, 0.15) is 31.3 Å². The zero-order valence-electron chi connectivity index (χ0n) is 22.1. The molecule has 0 spiro atoms. The number of esters is 3. The summed E-state index contributed by atoms with van der Waals surface area (Å²) in [5.41, 5.74) is 0. The van der Waals surface area contributed by atoms with Crippen LogP contribution >= 0.6 is 11.8 Å². The summed E-state index contributed by atoms with van der Waals surface area (Å²) in [6, 6.07) is 14.5. The third-order valence-electron chi connectivity index (χ3n) is 4.93. The van der Waals surface area contributed by atoms with Crippen LogP contribution in [0.25, 0.3) is 0 Å². The van der Waals surface area contributed by atoms with Crippen LogP contribution in [0.5, 0.6) is 11.5 Å². The van der Waals surface area contributed by atoms with Gasteiger partial charge >= 0.3 is 23.9 Å². The average molecular weight is 583 g/mol. The van der Waals surface area contributed by atoms with Gasteiger partial charge in [0.05, 0.1) is 6.61 Å². The standard InChI is InChI=1S/C30H30O10S/c1-4-28(33)38-18-21(7-16-27(31)32)17-36-22-8-12-25(13-9-22)41-26-14-10-23(11-15-26)37-19-24(40-30(35)6-3)20-39-29(34)5-2/h4-16,21,24H,1-3,17-20H2,(H,31,32). The number of rotatable bonds is 18. The van der Waals surface area contributed by atoms with Gasteiger partial charge < -0.3 is 28.8 Å². The van der Waals surface area contributed by atoms with Crippen molar-refractivity contribution in [3.05, 3.63) is 98.6 Å². The molecule has 0 fully saturated rings. The van der Waals surface area contributed by atoms with E-state index in [2.05, 4.69) is 19.7 Å². The molecule has 0 radical (unpaired) electrons. The highest BCUT2D eigenvalue weighted by Gasteiger charge is 2.16. The summed E-state index contributed by atoms with van der Waals surface area (Å²) in [5, 5.41) is 8.87. The largest absolute Gasteiger partial charge is 0.493 e. The van der Waals surface area contributed by atoms with Gasteiger partial charge in [-0.1, -0.05) is 37.6 Å². The minimum Gasteiger partial charge on any atom is -0.493 e. The number of aliphatic carboxylic acids is 1. The molecule has 0 saturated heterocycles. The van der Waals surface area contributed by atoms with Crippen molar-refractivity contribution in [1.29, 1.82) is 0 Å². The van der Waals surface area contributed by atoms with Gasteiger partial charge in [-0.05, 0) is 48.5 Å². The average Bonchev–Trinajstić information content (AvgIpc) is 2.98. The third-order valence-corrected chi connectivity index (χ3v) is 5.94. The van der Waals surface area contributed by atoms with Crippen LogP contribution in [0, 0.1) is 5.92 Å². The number of benzene rings is 2.